The molecule has 0 atom stereocenters. The third kappa shape index (κ3) is 5.95. The van der Waals surface area contributed by atoms with Crippen molar-refractivity contribution >= 4 is 17.8 Å². The van der Waals surface area contributed by atoms with Crippen molar-refractivity contribution < 1.29 is 29.0 Å². The highest BCUT2D eigenvalue weighted by atomic mass is 16.5. The smallest absolute Gasteiger partial charge is 0.306 e. The van der Waals surface area contributed by atoms with E-state index in [-0.39, 0.29) is 18.4 Å². The maximum Gasteiger partial charge on any atom is 0.306 e. The van der Waals surface area contributed by atoms with Gasteiger partial charge in [-0.3, -0.25) is 14.4 Å². The first-order valence-corrected chi connectivity index (χ1v) is 9.49. The zero-order chi connectivity index (χ0) is 20.5. The summed E-state index contributed by atoms with van der Waals surface area (Å²) < 4.78 is 10.9. The van der Waals surface area contributed by atoms with Crippen molar-refractivity contribution in [2.75, 3.05) is 46.5 Å². The number of carbonyl (C=O) groups is 3. The van der Waals surface area contributed by atoms with Gasteiger partial charge in [0.1, 0.15) is 12.4 Å². The molecule has 1 aliphatic heterocycles. The molecule has 1 saturated heterocycles. The van der Waals surface area contributed by atoms with Crippen LogP contribution in [0.25, 0.3) is 0 Å². The maximum absolute atomic E-state index is 12.8. The Bertz CT molecular complexity index is 685. The average Bonchev–Trinajstić information content (AvgIpc) is 2.71. The average molecular weight is 392 g/mol. The van der Waals surface area contributed by atoms with Crippen LogP contribution in [0.4, 0.5) is 0 Å². The Balaban J connectivity index is 1.92. The second-order valence-corrected chi connectivity index (χ2v) is 6.70. The minimum Gasteiger partial charge on any atom is -0.490 e. The number of para-hydroxylation sites is 1. The van der Waals surface area contributed by atoms with Crippen LogP contribution in [-0.4, -0.2) is 79.2 Å². The van der Waals surface area contributed by atoms with Crippen LogP contribution >= 0.6 is 0 Å². The fraction of sp³-hybridized carbons (Fsp3) is 0.550. The number of likely N-dealkylation sites (tertiary alicyclic amines) is 1. The minimum atomic E-state index is -0.819. The number of hydrogen-bond donors (Lipinski definition) is 1. The number of likely N-dealkylation sites (N-methyl/N-ethyl adjacent to an activating group) is 1. The van der Waals surface area contributed by atoms with Gasteiger partial charge in [0.25, 0.3) is 5.91 Å². The molecular formula is C20H28N2O6. The predicted octanol–water partition coefficient (Wildman–Crippen LogP) is 1.50. The third-order valence-corrected chi connectivity index (χ3v) is 4.72. The summed E-state index contributed by atoms with van der Waals surface area (Å²) in [5, 5.41) is 9.05. The standard InChI is InChI=1S/C20H28N2O6/c1-3-27-12-13-28-17-7-5-4-6-16(17)19(24)21(2)14-18(23)22-10-8-15(9-11-22)20(25)26/h4-7,15H,3,8-14H2,1-2H3,(H,25,26). The van der Waals surface area contributed by atoms with Gasteiger partial charge in [-0.15, -0.1) is 0 Å². The second-order valence-electron chi connectivity index (χ2n) is 6.70. The normalized spacial score (nSPS) is 14.6. The molecule has 8 nitrogen and oxygen atoms in total. The monoisotopic (exact) mass is 392 g/mol. The lowest BCUT2D eigenvalue weighted by Gasteiger charge is -2.31. The molecule has 1 fully saturated rings. The Morgan fingerprint density at radius 2 is 1.86 bits per heavy atom. The molecule has 2 amide bonds. The van der Waals surface area contributed by atoms with Crippen LogP contribution in [0.5, 0.6) is 5.75 Å². The largest absolute Gasteiger partial charge is 0.490 e. The predicted molar refractivity (Wildman–Crippen MR) is 102 cm³/mol. The van der Waals surface area contributed by atoms with E-state index < -0.39 is 11.9 Å². The fourth-order valence-corrected chi connectivity index (χ4v) is 3.08. The van der Waals surface area contributed by atoms with E-state index in [1.807, 2.05) is 6.92 Å². The molecule has 1 aromatic carbocycles. The van der Waals surface area contributed by atoms with Crippen molar-refractivity contribution in [2.45, 2.75) is 19.8 Å². The van der Waals surface area contributed by atoms with Gasteiger partial charge in [-0.05, 0) is 31.9 Å². The van der Waals surface area contributed by atoms with E-state index in [0.717, 1.165) is 0 Å². The Hall–Kier alpha value is -2.61. The van der Waals surface area contributed by atoms with E-state index in [2.05, 4.69) is 0 Å². The van der Waals surface area contributed by atoms with Crippen molar-refractivity contribution in [3.63, 3.8) is 0 Å². The molecule has 0 spiro atoms. The Labute approximate surface area is 165 Å². The molecule has 0 saturated carbocycles. The first-order chi connectivity index (χ1) is 13.4. The highest BCUT2D eigenvalue weighted by Gasteiger charge is 2.28. The summed E-state index contributed by atoms with van der Waals surface area (Å²) in [6.45, 7) is 3.98. The van der Waals surface area contributed by atoms with E-state index in [0.29, 0.717) is 57.1 Å². The molecule has 0 bridgehead atoms. The number of aliphatic carboxylic acids is 1. The van der Waals surface area contributed by atoms with Crippen LogP contribution in [0.1, 0.15) is 30.1 Å². The molecule has 8 heteroatoms. The maximum atomic E-state index is 12.8. The number of rotatable bonds is 9. The number of carboxylic acid groups (broad SMARTS) is 1. The van der Waals surface area contributed by atoms with Crippen molar-refractivity contribution in [3.05, 3.63) is 29.8 Å². The topological polar surface area (TPSA) is 96.4 Å². The molecule has 1 aromatic rings. The first-order valence-electron chi connectivity index (χ1n) is 9.49. The molecule has 0 unspecified atom stereocenters. The lowest BCUT2D eigenvalue weighted by atomic mass is 9.97. The summed E-state index contributed by atoms with van der Waals surface area (Å²) in [4.78, 5) is 39.3. The van der Waals surface area contributed by atoms with Gasteiger partial charge in [0.15, 0.2) is 0 Å². The number of amides is 2. The van der Waals surface area contributed by atoms with Gasteiger partial charge in [0, 0.05) is 26.7 Å². The molecule has 0 radical (unpaired) electrons. The summed E-state index contributed by atoms with van der Waals surface area (Å²) in [5.41, 5.74) is 0.388. The highest BCUT2D eigenvalue weighted by molar-refractivity contribution is 5.98. The quantitative estimate of drug-likeness (QED) is 0.640. The first kappa shape index (κ1) is 21.7. The SMILES string of the molecule is CCOCCOc1ccccc1C(=O)N(C)CC(=O)N1CCC(C(=O)O)CC1. The lowest BCUT2D eigenvalue weighted by molar-refractivity contribution is -0.145. The van der Waals surface area contributed by atoms with Crippen molar-refractivity contribution in [1.82, 2.24) is 9.80 Å². The highest BCUT2D eigenvalue weighted by Crippen LogP contribution is 2.20. The Kier molecular flexibility index (Phi) is 8.25. The summed E-state index contributed by atoms with van der Waals surface area (Å²) in [7, 11) is 1.57. The summed E-state index contributed by atoms with van der Waals surface area (Å²) in [5.74, 6) is -1.26. The van der Waals surface area contributed by atoms with Crippen LogP contribution in [0, 0.1) is 5.92 Å². The van der Waals surface area contributed by atoms with Crippen molar-refractivity contribution in [3.8, 4) is 5.75 Å². The number of ether oxygens (including phenoxy) is 2. The summed E-state index contributed by atoms with van der Waals surface area (Å²) in [6, 6.07) is 6.91. The van der Waals surface area contributed by atoms with E-state index in [1.54, 1.807) is 36.2 Å². The van der Waals surface area contributed by atoms with Crippen LogP contribution in [0.2, 0.25) is 0 Å². The third-order valence-electron chi connectivity index (χ3n) is 4.72. The van der Waals surface area contributed by atoms with E-state index in [9.17, 15) is 14.4 Å². The molecule has 28 heavy (non-hydrogen) atoms. The molecule has 1 heterocycles. The van der Waals surface area contributed by atoms with E-state index in [1.165, 1.54) is 4.90 Å². The number of hydrogen-bond acceptors (Lipinski definition) is 5. The molecule has 154 valence electrons. The fourth-order valence-electron chi connectivity index (χ4n) is 3.08. The lowest BCUT2D eigenvalue weighted by Crippen LogP contribution is -2.45. The van der Waals surface area contributed by atoms with Crippen LogP contribution in [0.15, 0.2) is 24.3 Å². The number of piperidine rings is 1. The Morgan fingerprint density at radius 3 is 2.50 bits per heavy atom. The van der Waals surface area contributed by atoms with Crippen molar-refractivity contribution in [2.24, 2.45) is 5.92 Å². The van der Waals surface area contributed by atoms with Crippen LogP contribution in [-0.2, 0) is 14.3 Å². The van der Waals surface area contributed by atoms with Gasteiger partial charge in [-0.2, -0.15) is 0 Å². The van der Waals surface area contributed by atoms with Gasteiger partial charge in [0.05, 0.1) is 24.6 Å². The van der Waals surface area contributed by atoms with Gasteiger partial charge < -0.3 is 24.4 Å². The van der Waals surface area contributed by atoms with Gasteiger partial charge in [0.2, 0.25) is 5.91 Å². The molecule has 1 N–H and O–H groups in total. The van der Waals surface area contributed by atoms with E-state index in [4.69, 9.17) is 14.6 Å². The van der Waals surface area contributed by atoms with Gasteiger partial charge in [-0.1, -0.05) is 12.1 Å². The number of carbonyl (C=O) groups excluding carboxylic acids is 2. The van der Waals surface area contributed by atoms with Gasteiger partial charge in [-0.25, -0.2) is 0 Å². The minimum absolute atomic E-state index is 0.0656. The van der Waals surface area contributed by atoms with Crippen LogP contribution < -0.4 is 4.74 Å². The van der Waals surface area contributed by atoms with Gasteiger partial charge >= 0.3 is 5.97 Å². The van der Waals surface area contributed by atoms with Crippen molar-refractivity contribution in [1.29, 1.82) is 0 Å². The molecule has 2 rings (SSSR count). The Morgan fingerprint density at radius 1 is 1.18 bits per heavy atom. The zero-order valence-electron chi connectivity index (χ0n) is 16.4. The van der Waals surface area contributed by atoms with E-state index >= 15 is 0 Å². The summed E-state index contributed by atoms with van der Waals surface area (Å²) >= 11 is 0. The molecule has 1 aliphatic rings. The summed E-state index contributed by atoms with van der Waals surface area (Å²) in [6.07, 6.45) is 0.879. The second kappa shape index (κ2) is 10.7. The zero-order valence-corrected chi connectivity index (χ0v) is 16.4. The number of carboxylic acids is 1. The molecule has 0 aromatic heterocycles. The number of nitrogens with zero attached hydrogens (tertiary/aromatic N) is 2. The number of benzene rings is 1. The van der Waals surface area contributed by atoms with Crippen LogP contribution in [0.3, 0.4) is 0 Å². The molecular weight excluding hydrogens is 364 g/mol. The molecule has 0 aliphatic carbocycles.